The van der Waals surface area contributed by atoms with E-state index >= 15 is 0 Å². The summed E-state index contributed by atoms with van der Waals surface area (Å²) in [5.74, 6) is 0.121. The zero-order chi connectivity index (χ0) is 18.1. The van der Waals surface area contributed by atoms with E-state index in [4.69, 9.17) is 0 Å². The summed E-state index contributed by atoms with van der Waals surface area (Å²) < 4.78 is 25.6. The maximum Gasteiger partial charge on any atom is 0.272 e. The Kier molecular flexibility index (Phi) is 4.88. The van der Waals surface area contributed by atoms with Gasteiger partial charge < -0.3 is 5.32 Å². The minimum Gasteiger partial charge on any atom is -0.348 e. The van der Waals surface area contributed by atoms with E-state index in [1.165, 1.54) is 6.42 Å². The number of sulfone groups is 1. The molecule has 1 saturated heterocycles. The molecule has 140 valence electrons. The third-order valence-corrected chi connectivity index (χ3v) is 7.88. The van der Waals surface area contributed by atoms with Crippen LogP contribution in [-0.2, 0) is 9.84 Å². The Hall–Kier alpha value is -1.67. The van der Waals surface area contributed by atoms with Gasteiger partial charge in [0.05, 0.1) is 28.1 Å². The Balaban J connectivity index is 1.62. The SMILES string of the molecule is O=C(NC1CCCCC1)c1cc(-c2cccs2)n([C@H]2CCS(=O)(=O)C2)n1. The molecule has 1 atom stereocenters. The van der Waals surface area contributed by atoms with Crippen LogP contribution >= 0.6 is 11.3 Å². The summed E-state index contributed by atoms with van der Waals surface area (Å²) in [5.41, 5.74) is 1.21. The first-order valence-electron chi connectivity index (χ1n) is 9.16. The van der Waals surface area contributed by atoms with Gasteiger partial charge in [-0.3, -0.25) is 9.48 Å². The first kappa shape index (κ1) is 17.7. The lowest BCUT2D eigenvalue weighted by Crippen LogP contribution is -2.36. The molecule has 1 N–H and O–H groups in total. The van der Waals surface area contributed by atoms with Crippen molar-refractivity contribution in [2.45, 2.75) is 50.6 Å². The molecule has 4 rings (SSSR count). The lowest BCUT2D eigenvalue weighted by atomic mass is 9.95. The van der Waals surface area contributed by atoms with Crippen LogP contribution in [0.25, 0.3) is 10.6 Å². The minimum absolute atomic E-state index is 0.0940. The predicted molar refractivity (Wildman–Crippen MR) is 102 cm³/mol. The van der Waals surface area contributed by atoms with Crippen LogP contribution in [0, 0.1) is 0 Å². The molecule has 1 amide bonds. The van der Waals surface area contributed by atoms with E-state index in [1.807, 2.05) is 17.5 Å². The molecule has 6 nitrogen and oxygen atoms in total. The van der Waals surface area contributed by atoms with E-state index in [9.17, 15) is 13.2 Å². The molecule has 8 heteroatoms. The van der Waals surface area contributed by atoms with Crippen LogP contribution in [0.4, 0.5) is 0 Å². The van der Waals surface area contributed by atoms with Gasteiger partial charge in [-0.25, -0.2) is 8.42 Å². The molecule has 0 bridgehead atoms. The fraction of sp³-hybridized carbons (Fsp3) is 0.556. The van der Waals surface area contributed by atoms with Crippen molar-refractivity contribution < 1.29 is 13.2 Å². The lowest BCUT2D eigenvalue weighted by molar-refractivity contribution is 0.0921. The van der Waals surface area contributed by atoms with Crippen molar-refractivity contribution in [3.8, 4) is 10.6 Å². The molecule has 2 aromatic heterocycles. The zero-order valence-electron chi connectivity index (χ0n) is 14.6. The minimum atomic E-state index is -3.02. The van der Waals surface area contributed by atoms with E-state index in [0.29, 0.717) is 12.1 Å². The highest BCUT2D eigenvalue weighted by Gasteiger charge is 2.32. The van der Waals surface area contributed by atoms with Crippen LogP contribution in [-0.4, -0.2) is 41.7 Å². The molecule has 1 saturated carbocycles. The van der Waals surface area contributed by atoms with Gasteiger partial charge in [0.2, 0.25) is 0 Å². The molecule has 2 fully saturated rings. The van der Waals surface area contributed by atoms with Gasteiger partial charge in [-0.1, -0.05) is 25.3 Å². The van der Waals surface area contributed by atoms with Crippen LogP contribution in [0.3, 0.4) is 0 Å². The maximum absolute atomic E-state index is 12.7. The fourth-order valence-corrected chi connectivity index (χ4v) is 6.29. The first-order valence-corrected chi connectivity index (χ1v) is 11.9. The highest BCUT2D eigenvalue weighted by atomic mass is 32.2. The second kappa shape index (κ2) is 7.15. The van der Waals surface area contributed by atoms with Gasteiger partial charge in [0.15, 0.2) is 15.5 Å². The number of aromatic nitrogens is 2. The Morgan fingerprint density at radius 1 is 1.23 bits per heavy atom. The van der Waals surface area contributed by atoms with E-state index in [1.54, 1.807) is 22.1 Å². The summed E-state index contributed by atoms with van der Waals surface area (Å²) in [7, 11) is -3.02. The number of carbonyl (C=O) groups is 1. The molecule has 0 radical (unpaired) electrons. The van der Waals surface area contributed by atoms with E-state index in [2.05, 4.69) is 10.4 Å². The molecule has 1 aliphatic heterocycles. The number of nitrogens with one attached hydrogen (secondary N) is 1. The van der Waals surface area contributed by atoms with Crippen molar-refractivity contribution in [1.82, 2.24) is 15.1 Å². The normalized spacial score (nSPS) is 23.2. The molecule has 0 aromatic carbocycles. The molecular formula is C18H23N3O3S2. The van der Waals surface area contributed by atoms with Gasteiger partial charge in [-0.2, -0.15) is 5.10 Å². The summed E-state index contributed by atoms with van der Waals surface area (Å²) in [6.45, 7) is 0. The van der Waals surface area contributed by atoms with Crippen molar-refractivity contribution >= 4 is 27.1 Å². The Labute approximate surface area is 157 Å². The van der Waals surface area contributed by atoms with Crippen molar-refractivity contribution in [2.24, 2.45) is 0 Å². The number of hydrogen-bond acceptors (Lipinski definition) is 5. The smallest absolute Gasteiger partial charge is 0.272 e. The average molecular weight is 394 g/mol. The van der Waals surface area contributed by atoms with Gasteiger partial charge in [-0.05, 0) is 36.8 Å². The van der Waals surface area contributed by atoms with Crippen LogP contribution in [0.1, 0.15) is 55.1 Å². The van der Waals surface area contributed by atoms with Crippen LogP contribution < -0.4 is 5.32 Å². The Morgan fingerprint density at radius 3 is 2.69 bits per heavy atom. The predicted octanol–water partition coefficient (Wildman–Crippen LogP) is 3.03. The zero-order valence-corrected chi connectivity index (χ0v) is 16.2. The number of nitrogens with zero attached hydrogens (tertiary/aromatic N) is 2. The number of rotatable bonds is 4. The number of thiophene rings is 1. The third kappa shape index (κ3) is 3.71. The maximum atomic E-state index is 12.7. The summed E-state index contributed by atoms with van der Waals surface area (Å²) in [6, 6.07) is 5.75. The van der Waals surface area contributed by atoms with Gasteiger partial charge in [-0.15, -0.1) is 11.3 Å². The fourth-order valence-electron chi connectivity index (χ4n) is 3.87. The summed E-state index contributed by atoms with van der Waals surface area (Å²) in [6.07, 6.45) is 6.13. The summed E-state index contributed by atoms with van der Waals surface area (Å²) >= 11 is 1.57. The van der Waals surface area contributed by atoms with Crippen LogP contribution in [0.2, 0.25) is 0 Å². The van der Waals surface area contributed by atoms with E-state index < -0.39 is 9.84 Å². The molecule has 2 aromatic rings. The molecule has 0 unspecified atom stereocenters. The quantitative estimate of drug-likeness (QED) is 0.866. The third-order valence-electron chi connectivity index (χ3n) is 5.24. The molecular weight excluding hydrogens is 370 g/mol. The summed E-state index contributed by atoms with van der Waals surface area (Å²) in [5, 5.41) is 9.60. The molecule has 26 heavy (non-hydrogen) atoms. The molecule has 3 heterocycles. The van der Waals surface area contributed by atoms with Gasteiger partial charge in [0, 0.05) is 6.04 Å². The van der Waals surface area contributed by atoms with Crippen molar-refractivity contribution in [1.29, 1.82) is 0 Å². The number of hydrogen-bond donors (Lipinski definition) is 1. The Bertz CT molecular complexity index is 881. The van der Waals surface area contributed by atoms with E-state index in [0.717, 1.165) is 36.3 Å². The van der Waals surface area contributed by atoms with Gasteiger partial charge in [0.1, 0.15) is 0 Å². The first-order chi connectivity index (χ1) is 12.5. The van der Waals surface area contributed by atoms with Crippen LogP contribution in [0.15, 0.2) is 23.6 Å². The number of carbonyl (C=O) groups excluding carboxylic acids is 1. The topological polar surface area (TPSA) is 81.1 Å². The van der Waals surface area contributed by atoms with Crippen molar-refractivity contribution in [3.63, 3.8) is 0 Å². The highest BCUT2D eigenvalue weighted by Crippen LogP contribution is 2.32. The number of amides is 1. The van der Waals surface area contributed by atoms with Crippen LogP contribution in [0.5, 0.6) is 0 Å². The molecule has 2 aliphatic rings. The van der Waals surface area contributed by atoms with Gasteiger partial charge >= 0.3 is 0 Å². The Morgan fingerprint density at radius 2 is 2.04 bits per heavy atom. The van der Waals surface area contributed by atoms with E-state index in [-0.39, 0.29) is 29.5 Å². The van der Waals surface area contributed by atoms with Crippen molar-refractivity contribution in [2.75, 3.05) is 11.5 Å². The monoisotopic (exact) mass is 393 g/mol. The average Bonchev–Trinajstić information content (AvgIpc) is 3.33. The summed E-state index contributed by atoms with van der Waals surface area (Å²) in [4.78, 5) is 13.7. The lowest BCUT2D eigenvalue weighted by Gasteiger charge is -2.22. The second-order valence-electron chi connectivity index (χ2n) is 7.20. The van der Waals surface area contributed by atoms with Crippen molar-refractivity contribution in [3.05, 3.63) is 29.3 Å². The standard InChI is InChI=1S/C18H23N3O3S2/c22-18(19-13-5-2-1-3-6-13)15-11-16(17-7-4-9-25-17)21(20-15)14-8-10-26(23,24)12-14/h4,7,9,11,13-14H,1-3,5-6,8,10,12H2,(H,19,22)/t14-/m0/s1. The largest absolute Gasteiger partial charge is 0.348 e. The second-order valence-corrected chi connectivity index (χ2v) is 10.4. The van der Waals surface area contributed by atoms with Gasteiger partial charge in [0.25, 0.3) is 5.91 Å². The molecule has 0 spiro atoms. The molecule has 1 aliphatic carbocycles. The highest BCUT2D eigenvalue weighted by molar-refractivity contribution is 7.91.